The standard InChI is InChI=1S/C24H26N4O5S/c1-16-4-7-19(8-5-16)28-34(31,32)21-13-6-17(2)22(14-21)24(30)27-26-23(29)15-25-18-9-11-20(33-3)12-10-18/h4-14,25,28H,15H2,1-3H3,(H,26,29)(H,27,30). The Morgan fingerprint density at radius 2 is 1.50 bits per heavy atom. The molecule has 0 aliphatic rings. The van der Waals surface area contributed by atoms with Gasteiger partial charge >= 0.3 is 0 Å². The predicted octanol–water partition coefficient (Wildman–Crippen LogP) is 2.99. The summed E-state index contributed by atoms with van der Waals surface area (Å²) in [6.07, 6.45) is 0. The van der Waals surface area contributed by atoms with Gasteiger partial charge in [0, 0.05) is 16.9 Å². The lowest BCUT2D eigenvalue weighted by atomic mass is 10.1. The fourth-order valence-electron chi connectivity index (χ4n) is 2.98. The van der Waals surface area contributed by atoms with Crippen LogP contribution in [0.4, 0.5) is 11.4 Å². The second kappa shape index (κ2) is 10.7. The molecule has 3 aromatic rings. The number of aryl methyl sites for hydroxylation is 2. The van der Waals surface area contributed by atoms with Gasteiger partial charge in [0.2, 0.25) is 0 Å². The number of amides is 2. The fourth-order valence-corrected chi connectivity index (χ4v) is 4.06. The van der Waals surface area contributed by atoms with Gasteiger partial charge in [-0.25, -0.2) is 8.42 Å². The van der Waals surface area contributed by atoms with Gasteiger partial charge in [0.15, 0.2) is 0 Å². The molecule has 178 valence electrons. The van der Waals surface area contributed by atoms with Crippen LogP contribution in [0, 0.1) is 13.8 Å². The van der Waals surface area contributed by atoms with Crippen LogP contribution in [-0.2, 0) is 14.8 Å². The Morgan fingerprint density at radius 1 is 0.853 bits per heavy atom. The van der Waals surface area contributed by atoms with Gasteiger partial charge in [-0.1, -0.05) is 23.8 Å². The second-order valence-corrected chi connectivity index (χ2v) is 9.22. The summed E-state index contributed by atoms with van der Waals surface area (Å²) in [5.41, 5.74) is 7.42. The van der Waals surface area contributed by atoms with Gasteiger partial charge in [-0.2, -0.15) is 0 Å². The maximum atomic E-state index is 12.8. The molecule has 0 atom stereocenters. The lowest BCUT2D eigenvalue weighted by Crippen LogP contribution is -2.44. The molecule has 0 saturated heterocycles. The molecule has 3 rings (SSSR count). The SMILES string of the molecule is COc1ccc(NCC(=O)NNC(=O)c2cc(S(=O)(=O)Nc3ccc(C)cc3)ccc2C)cc1. The van der Waals surface area contributed by atoms with Gasteiger partial charge < -0.3 is 10.1 Å². The first kappa shape index (κ1) is 24.6. The molecule has 10 heteroatoms. The minimum absolute atomic E-state index is 0.0728. The molecule has 0 saturated carbocycles. The Kier molecular flexibility index (Phi) is 7.75. The van der Waals surface area contributed by atoms with E-state index < -0.39 is 21.8 Å². The first-order valence-electron chi connectivity index (χ1n) is 10.4. The van der Waals surface area contributed by atoms with Crippen molar-refractivity contribution in [2.24, 2.45) is 0 Å². The summed E-state index contributed by atoms with van der Waals surface area (Å²) in [4.78, 5) is 24.6. The van der Waals surface area contributed by atoms with Crippen molar-refractivity contribution in [3.05, 3.63) is 83.4 Å². The molecule has 0 spiro atoms. The third kappa shape index (κ3) is 6.48. The minimum Gasteiger partial charge on any atom is -0.497 e. The zero-order chi connectivity index (χ0) is 24.7. The van der Waals surface area contributed by atoms with E-state index >= 15 is 0 Å². The van der Waals surface area contributed by atoms with Crippen LogP contribution < -0.4 is 25.6 Å². The molecule has 4 N–H and O–H groups in total. The van der Waals surface area contributed by atoms with Crippen LogP contribution in [0.3, 0.4) is 0 Å². The van der Waals surface area contributed by atoms with E-state index in [1.165, 1.54) is 18.2 Å². The van der Waals surface area contributed by atoms with Gasteiger partial charge in [0.1, 0.15) is 5.75 Å². The highest BCUT2D eigenvalue weighted by Gasteiger charge is 2.18. The van der Waals surface area contributed by atoms with Crippen LogP contribution in [0.15, 0.2) is 71.6 Å². The molecule has 0 bridgehead atoms. The molecule has 0 fully saturated rings. The summed E-state index contributed by atoms with van der Waals surface area (Å²) in [7, 11) is -2.35. The third-order valence-corrected chi connectivity index (χ3v) is 6.31. The number of carbonyl (C=O) groups excluding carboxylic acids is 2. The summed E-state index contributed by atoms with van der Waals surface area (Å²) in [6.45, 7) is 3.49. The Labute approximate surface area is 198 Å². The average molecular weight is 483 g/mol. The normalized spacial score (nSPS) is 10.8. The highest BCUT2D eigenvalue weighted by molar-refractivity contribution is 7.92. The Hall–Kier alpha value is -4.05. The fraction of sp³-hybridized carbons (Fsp3) is 0.167. The van der Waals surface area contributed by atoms with Crippen LogP contribution in [0.25, 0.3) is 0 Å². The van der Waals surface area contributed by atoms with Crippen LogP contribution in [0.2, 0.25) is 0 Å². The zero-order valence-electron chi connectivity index (χ0n) is 19.0. The number of hydrogen-bond acceptors (Lipinski definition) is 6. The molecule has 0 aliphatic heterocycles. The van der Waals surface area contributed by atoms with Crippen molar-refractivity contribution in [3.63, 3.8) is 0 Å². The lowest BCUT2D eigenvalue weighted by molar-refractivity contribution is -0.120. The topological polar surface area (TPSA) is 126 Å². The molecule has 34 heavy (non-hydrogen) atoms. The minimum atomic E-state index is -3.91. The predicted molar refractivity (Wildman–Crippen MR) is 130 cm³/mol. The smallest absolute Gasteiger partial charge is 0.269 e. The largest absolute Gasteiger partial charge is 0.497 e. The molecule has 0 aromatic heterocycles. The zero-order valence-corrected chi connectivity index (χ0v) is 19.8. The number of carbonyl (C=O) groups is 2. The van der Waals surface area contributed by atoms with E-state index in [-0.39, 0.29) is 17.0 Å². The van der Waals surface area contributed by atoms with Crippen LogP contribution in [-0.4, -0.2) is 33.9 Å². The first-order valence-corrected chi connectivity index (χ1v) is 11.8. The summed E-state index contributed by atoms with van der Waals surface area (Å²) in [5, 5.41) is 2.92. The molecule has 0 unspecified atom stereocenters. The number of ether oxygens (including phenoxy) is 1. The molecule has 0 radical (unpaired) electrons. The third-order valence-electron chi connectivity index (χ3n) is 4.93. The summed E-state index contributed by atoms with van der Waals surface area (Å²) >= 11 is 0. The van der Waals surface area contributed by atoms with E-state index in [1.54, 1.807) is 62.6 Å². The van der Waals surface area contributed by atoms with Gasteiger partial charge in [0.05, 0.1) is 18.6 Å². The van der Waals surface area contributed by atoms with Crippen molar-refractivity contribution >= 4 is 33.2 Å². The number of benzene rings is 3. The van der Waals surface area contributed by atoms with Crippen molar-refractivity contribution < 1.29 is 22.7 Å². The van der Waals surface area contributed by atoms with E-state index in [9.17, 15) is 18.0 Å². The lowest BCUT2D eigenvalue weighted by Gasteiger charge is -2.13. The maximum Gasteiger partial charge on any atom is 0.269 e. The van der Waals surface area contributed by atoms with Crippen molar-refractivity contribution in [2.75, 3.05) is 23.7 Å². The second-order valence-electron chi connectivity index (χ2n) is 7.53. The van der Waals surface area contributed by atoms with Crippen LogP contribution in [0.1, 0.15) is 21.5 Å². The number of hydrogen-bond donors (Lipinski definition) is 4. The van der Waals surface area contributed by atoms with E-state index in [0.29, 0.717) is 22.7 Å². The first-order chi connectivity index (χ1) is 16.2. The maximum absolute atomic E-state index is 12.8. The Bertz CT molecular complexity index is 1270. The highest BCUT2D eigenvalue weighted by atomic mass is 32.2. The summed E-state index contributed by atoms with van der Waals surface area (Å²) in [5.74, 6) is -0.426. The van der Waals surface area contributed by atoms with Crippen molar-refractivity contribution in [3.8, 4) is 5.75 Å². The van der Waals surface area contributed by atoms with Gasteiger partial charge in [0.25, 0.3) is 21.8 Å². The number of rotatable bonds is 8. The van der Waals surface area contributed by atoms with Crippen molar-refractivity contribution in [1.82, 2.24) is 10.9 Å². The molecule has 9 nitrogen and oxygen atoms in total. The number of methoxy groups -OCH3 is 1. The van der Waals surface area contributed by atoms with Crippen molar-refractivity contribution in [1.29, 1.82) is 0 Å². The summed E-state index contributed by atoms with van der Waals surface area (Å²) < 4.78 is 33.1. The Morgan fingerprint density at radius 3 is 2.15 bits per heavy atom. The molecule has 0 aliphatic carbocycles. The van der Waals surface area contributed by atoms with Crippen LogP contribution in [0.5, 0.6) is 5.75 Å². The molecule has 0 heterocycles. The van der Waals surface area contributed by atoms with E-state index in [4.69, 9.17) is 4.74 Å². The Balaban J connectivity index is 1.61. The van der Waals surface area contributed by atoms with Crippen molar-refractivity contribution in [2.45, 2.75) is 18.7 Å². The summed E-state index contributed by atoms with van der Waals surface area (Å²) in [6, 6.07) is 18.1. The van der Waals surface area contributed by atoms with E-state index in [0.717, 1.165) is 5.56 Å². The van der Waals surface area contributed by atoms with Gasteiger partial charge in [-0.15, -0.1) is 0 Å². The van der Waals surface area contributed by atoms with Gasteiger partial charge in [-0.05, 0) is 67.9 Å². The van der Waals surface area contributed by atoms with Crippen LogP contribution >= 0.6 is 0 Å². The highest BCUT2D eigenvalue weighted by Crippen LogP contribution is 2.20. The van der Waals surface area contributed by atoms with Gasteiger partial charge in [-0.3, -0.25) is 25.2 Å². The molecular weight excluding hydrogens is 456 g/mol. The van der Waals surface area contributed by atoms with E-state index in [2.05, 4.69) is 20.9 Å². The number of anilines is 2. The number of nitrogens with one attached hydrogen (secondary N) is 4. The average Bonchev–Trinajstić information content (AvgIpc) is 2.83. The molecule has 2 amide bonds. The molecular formula is C24H26N4O5S. The quantitative estimate of drug-likeness (QED) is 0.366. The molecule has 3 aromatic carbocycles. The van der Waals surface area contributed by atoms with E-state index in [1.807, 2.05) is 6.92 Å². The monoisotopic (exact) mass is 482 g/mol. The number of sulfonamides is 1. The number of hydrazine groups is 1.